The van der Waals surface area contributed by atoms with Crippen LogP contribution in [0.4, 0.5) is 0 Å². The van der Waals surface area contributed by atoms with Crippen LogP contribution < -0.4 is 4.74 Å². The molecule has 0 fully saturated rings. The Labute approximate surface area is 144 Å². The lowest BCUT2D eigenvalue weighted by molar-refractivity contribution is 0.109. The Kier molecular flexibility index (Phi) is 5.35. The van der Waals surface area contributed by atoms with E-state index in [0.717, 1.165) is 0 Å². The van der Waals surface area contributed by atoms with Gasteiger partial charge < -0.3 is 13.6 Å². The van der Waals surface area contributed by atoms with Gasteiger partial charge in [0.1, 0.15) is 11.9 Å². The maximum Gasteiger partial charge on any atom is 0.193 e. The zero-order valence-electron chi connectivity index (χ0n) is 15.3. The molecule has 4 nitrogen and oxygen atoms in total. The topological polar surface area (TPSA) is 48.7 Å². The number of carbonyl (C=O) groups excluding carboxylic acids is 1. The fourth-order valence-electron chi connectivity index (χ4n) is 2.12. The van der Waals surface area contributed by atoms with Crippen LogP contribution in [0.15, 0.2) is 40.8 Å². The Bertz CT molecular complexity index is 683. The van der Waals surface area contributed by atoms with Gasteiger partial charge in [0.05, 0.1) is 0 Å². The molecule has 0 aliphatic heterocycles. The summed E-state index contributed by atoms with van der Waals surface area (Å²) in [4.78, 5) is 11.1. The normalized spacial score (nSPS) is 13.6. The van der Waals surface area contributed by atoms with Crippen LogP contribution in [0.2, 0.25) is 18.1 Å². The van der Waals surface area contributed by atoms with E-state index < -0.39 is 8.32 Å². The van der Waals surface area contributed by atoms with Crippen molar-refractivity contribution in [1.29, 1.82) is 0 Å². The van der Waals surface area contributed by atoms with Gasteiger partial charge in [0, 0.05) is 6.07 Å². The zero-order chi connectivity index (χ0) is 18.0. The summed E-state index contributed by atoms with van der Waals surface area (Å²) < 4.78 is 17.9. The largest absolute Gasteiger partial charge is 0.454 e. The minimum Gasteiger partial charge on any atom is -0.454 e. The molecule has 0 saturated carbocycles. The summed E-state index contributed by atoms with van der Waals surface area (Å²) in [5.41, 5.74) is 0. The summed E-state index contributed by atoms with van der Waals surface area (Å²) in [6.45, 7) is 12.9. The highest BCUT2D eigenvalue weighted by molar-refractivity contribution is 6.74. The van der Waals surface area contributed by atoms with Crippen molar-refractivity contribution < 1.29 is 18.4 Å². The molecule has 0 saturated heterocycles. The van der Waals surface area contributed by atoms with E-state index in [1.807, 2.05) is 37.3 Å². The molecular formula is C19H26O4Si. The van der Waals surface area contributed by atoms with E-state index in [1.165, 1.54) is 0 Å². The fourth-order valence-corrected chi connectivity index (χ4v) is 3.46. The second kappa shape index (κ2) is 6.95. The third kappa shape index (κ3) is 4.16. The van der Waals surface area contributed by atoms with E-state index in [0.29, 0.717) is 23.5 Å². The molecule has 1 unspecified atom stereocenters. The van der Waals surface area contributed by atoms with Gasteiger partial charge in [0.25, 0.3) is 0 Å². The molecule has 1 atom stereocenters. The molecule has 24 heavy (non-hydrogen) atoms. The number of furan rings is 1. The van der Waals surface area contributed by atoms with E-state index >= 15 is 0 Å². The van der Waals surface area contributed by atoms with E-state index in [4.69, 9.17) is 13.6 Å². The van der Waals surface area contributed by atoms with Crippen molar-refractivity contribution in [1.82, 2.24) is 0 Å². The average molecular weight is 346 g/mol. The van der Waals surface area contributed by atoms with Crippen LogP contribution in [0.1, 0.15) is 50.1 Å². The Hall–Kier alpha value is -1.85. The third-order valence-corrected chi connectivity index (χ3v) is 9.03. The summed E-state index contributed by atoms with van der Waals surface area (Å²) in [5.74, 6) is 2.00. The van der Waals surface area contributed by atoms with Gasteiger partial charge in [-0.3, -0.25) is 4.79 Å². The Balaban J connectivity index is 2.28. The van der Waals surface area contributed by atoms with Gasteiger partial charge >= 0.3 is 0 Å². The van der Waals surface area contributed by atoms with Crippen molar-refractivity contribution >= 4 is 14.6 Å². The number of carbonyl (C=O) groups is 1. The van der Waals surface area contributed by atoms with Crippen molar-refractivity contribution in [2.24, 2.45) is 0 Å². The van der Waals surface area contributed by atoms with Crippen molar-refractivity contribution in [2.75, 3.05) is 0 Å². The van der Waals surface area contributed by atoms with Crippen LogP contribution in [0.3, 0.4) is 0 Å². The zero-order valence-corrected chi connectivity index (χ0v) is 16.3. The molecule has 2 rings (SSSR count). The number of para-hydroxylation sites is 1. The minimum atomic E-state index is -1.97. The first-order chi connectivity index (χ1) is 11.1. The van der Waals surface area contributed by atoms with Crippen molar-refractivity contribution in [3.8, 4) is 11.5 Å². The quantitative estimate of drug-likeness (QED) is 0.478. The van der Waals surface area contributed by atoms with Gasteiger partial charge in [0.2, 0.25) is 0 Å². The monoisotopic (exact) mass is 346 g/mol. The van der Waals surface area contributed by atoms with Gasteiger partial charge in [-0.2, -0.15) is 0 Å². The van der Waals surface area contributed by atoms with Gasteiger partial charge in [-0.1, -0.05) is 39.0 Å². The predicted molar refractivity (Wildman–Crippen MR) is 97.3 cm³/mol. The maximum absolute atomic E-state index is 11.1. The molecular weight excluding hydrogens is 320 g/mol. The smallest absolute Gasteiger partial charge is 0.193 e. The molecule has 130 valence electrons. The summed E-state index contributed by atoms with van der Waals surface area (Å²) >= 11 is 0. The van der Waals surface area contributed by atoms with Crippen LogP contribution in [0.5, 0.6) is 11.5 Å². The molecule has 0 radical (unpaired) electrons. The molecule has 0 bridgehead atoms. The third-order valence-electron chi connectivity index (χ3n) is 4.48. The molecule has 0 amide bonds. The Morgan fingerprint density at radius 3 is 2.33 bits per heavy atom. The number of ether oxygens (including phenoxy) is 1. The Morgan fingerprint density at radius 1 is 1.17 bits per heavy atom. The van der Waals surface area contributed by atoms with E-state index in [-0.39, 0.29) is 16.9 Å². The summed E-state index contributed by atoms with van der Waals surface area (Å²) in [5, 5.41) is 0.0851. The van der Waals surface area contributed by atoms with Crippen LogP contribution in [-0.2, 0) is 4.43 Å². The molecule has 0 spiro atoms. The minimum absolute atomic E-state index is 0.0851. The Morgan fingerprint density at radius 2 is 1.79 bits per heavy atom. The lowest BCUT2D eigenvalue weighted by Gasteiger charge is -2.38. The van der Waals surface area contributed by atoms with Crippen LogP contribution in [0.25, 0.3) is 0 Å². The standard InChI is InChI=1S/C19H26O4Si/c1-14(23-24(5,6)19(2,3)4)18-17(12-16(13-20)22-18)21-15-10-8-7-9-11-15/h7-14H,1-6H3. The maximum atomic E-state index is 11.1. The van der Waals surface area contributed by atoms with Crippen molar-refractivity contribution in [3.63, 3.8) is 0 Å². The van der Waals surface area contributed by atoms with Gasteiger partial charge in [0.15, 0.2) is 31.9 Å². The molecule has 0 N–H and O–H groups in total. The number of rotatable bonds is 6. The van der Waals surface area contributed by atoms with Crippen LogP contribution >= 0.6 is 0 Å². The lowest BCUT2D eigenvalue weighted by atomic mass is 10.2. The molecule has 5 heteroatoms. The van der Waals surface area contributed by atoms with Crippen molar-refractivity contribution in [3.05, 3.63) is 47.9 Å². The first-order valence-electron chi connectivity index (χ1n) is 8.13. The number of aldehydes is 1. The average Bonchev–Trinajstić information content (AvgIpc) is 2.90. The van der Waals surface area contributed by atoms with Crippen molar-refractivity contribution in [2.45, 2.75) is 51.9 Å². The molecule has 2 aromatic rings. The highest BCUT2D eigenvalue weighted by Crippen LogP contribution is 2.42. The summed E-state index contributed by atoms with van der Waals surface area (Å²) in [7, 11) is -1.97. The fraction of sp³-hybridized carbons (Fsp3) is 0.421. The second-order valence-corrected chi connectivity index (χ2v) is 12.2. The highest BCUT2D eigenvalue weighted by atomic mass is 28.4. The summed E-state index contributed by atoms with van der Waals surface area (Å²) in [6, 6.07) is 11.0. The molecule has 1 aromatic heterocycles. The van der Waals surface area contributed by atoms with E-state index in [2.05, 4.69) is 33.9 Å². The first kappa shape index (κ1) is 18.5. The molecule has 0 aliphatic rings. The molecule has 1 heterocycles. The number of hydrogen-bond acceptors (Lipinski definition) is 4. The van der Waals surface area contributed by atoms with Gasteiger partial charge in [-0.05, 0) is 37.2 Å². The van der Waals surface area contributed by atoms with Crippen LogP contribution in [0, 0.1) is 0 Å². The number of benzene rings is 1. The summed E-state index contributed by atoms with van der Waals surface area (Å²) in [6.07, 6.45) is 0.388. The second-order valence-electron chi connectivity index (χ2n) is 7.43. The SMILES string of the molecule is CC(O[Si](C)(C)C(C)(C)C)c1oc(C=O)cc1Oc1ccccc1. The van der Waals surface area contributed by atoms with E-state index in [1.54, 1.807) is 6.07 Å². The van der Waals surface area contributed by atoms with E-state index in [9.17, 15) is 4.79 Å². The molecule has 0 aliphatic carbocycles. The number of hydrogen-bond donors (Lipinski definition) is 0. The van der Waals surface area contributed by atoms with Crippen LogP contribution in [-0.4, -0.2) is 14.6 Å². The first-order valence-corrected chi connectivity index (χ1v) is 11.0. The predicted octanol–water partition coefficient (Wildman–Crippen LogP) is 5.97. The highest BCUT2D eigenvalue weighted by Gasteiger charge is 2.39. The van der Waals surface area contributed by atoms with Gasteiger partial charge in [-0.25, -0.2) is 0 Å². The van der Waals surface area contributed by atoms with Gasteiger partial charge in [-0.15, -0.1) is 0 Å². The molecule has 1 aromatic carbocycles. The lowest BCUT2D eigenvalue weighted by Crippen LogP contribution is -2.41.